The Morgan fingerprint density at radius 1 is 1.37 bits per heavy atom. The molecule has 19 heavy (non-hydrogen) atoms. The zero-order chi connectivity index (χ0) is 13.8. The van der Waals surface area contributed by atoms with Gasteiger partial charge < -0.3 is 0 Å². The molecule has 0 aliphatic rings. The molecule has 1 heterocycles. The van der Waals surface area contributed by atoms with Crippen molar-refractivity contribution in [2.24, 2.45) is 5.84 Å². The molecule has 3 nitrogen and oxygen atoms in total. The van der Waals surface area contributed by atoms with Crippen LogP contribution >= 0.6 is 27.3 Å². The Hall–Kier alpha value is -0.750. The second-order valence-electron chi connectivity index (χ2n) is 4.65. The normalized spacial score (nSPS) is 12.6. The molecule has 3 N–H and O–H groups in total. The fraction of sp³-hybridized carbons (Fsp3) is 0.357. The summed E-state index contributed by atoms with van der Waals surface area (Å²) in [6.45, 7) is 4.16. The van der Waals surface area contributed by atoms with Gasteiger partial charge in [-0.05, 0) is 38.0 Å². The summed E-state index contributed by atoms with van der Waals surface area (Å²) in [6, 6.07) is 8.53. The number of nitrogens with one attached hydrogen (secondary N) is 1. The van der Waals surface area contributed by atoms with Gasteiger partial charge in [0.25, 0.3) is 0 Å². The topological polar surface area (TPSA) is 50.9 Å². The van der Waals surface area contributed by atoms with Gasteiger partial charge in [-0.3, -0.25) is 11.3 Å². The summed E-state index contributed by atoms with van der Waals surface area (Å²) in [5, 5.41) is 1.15. The fourth-order valence-electron chi connectivity index (χ4n) is 1.98. The summed E-state index contributed by atoms with van der Waals surface area (Å²) in [5.74, 6) is 5.67. The number of nitrogens with zero attached hydrogens (tertiary/aromatic N) is 1. The molecule has 2 aromatic rings. The SMILES string of the molecule is Cc1nc(CC(Cc2cccc(Br)c2)NN)sc1C. The van der Waals surface area contributed by atoms with E-state index in [0.717, 1.165) is 28.0 Å². The molecule has 0 saturated heterocycles. The van der Waals surface area contributed by atoms with Crippen LogP contribution in [-0.2, 0) is 12.8 Å². The van der Waals surface area contributed by atoms with E-state index in [4.69, 9.17) is 5.84 Å². The lowest BCUT2D eigenvalue weighted by Crippen LogP contribution is -2.38. The first-order chi connectivity index (χ1) is 9.08. The van der Waals surface area contributed by atoms with Crippen LogP contribution in [0.2, 0.25) is 0 Å². The highest BCUT2D eigenvalue weighted by atomic mass is 79.9. The van der Waals surface area contributed by atoms with Gasteiger partial charge >= 0.3 is 0 Å². The average molecular weight is 340 g/mol. The third kappa shape index (κ3) is 4.11. The minimum atomic E-state index is 0.208. The van der Waals surface area contributed by atoms with Gasteiger partial charge in [0.2, 0.25) is 0 Å². The van der Waals surface area contributed by atoms with Gasteiger partial charge in [0, 0.05) is 21.8 Å². The molecule has 1 aromatic carbocycles. The van der Waals surface area contributed by atoms with E-state index in [0.29, 0.717) is 0 Å². The third-order valence-corrected chi connectivity index (χ3v) is 4.69. The molecule has 2 rings (SSSR count). The van der Waals surface area contributed by atoms with Crippen LogP contribution in [0.3, 0.4) is 0 Å². The van der Waals surface area contributed by atoms with Gasteiger partial charge in [-0.25, -0.2) is 4.98 Å². The van der Waals surface area contributed by atoms with E-state index in [1.807, 2.05) is 12.1 Å². The predicted octanol–water partition coefficient (Wildman–Crippen LogP) is 3.14. The first-order valence-electron chi connectivity index (χ1n) is 6.22. The van der Waals surface area contributed by atoms with Crippen LogP contribution < -0.4 is 11.3 Å². The van der Waals surface area contributed by atoms with E-state index < -0.39 is 0 Å². The van der Waals surface area contributed by atoms with E-state index in [-0.39, 0.29) is 6.04 Å². The molecule has 0 radical (unpaired) electrons. The van der Waals surface area contributed by atoms with Crippen molar-refractivity contribution in [2.75, 3.05) is 0 Å². The molecule has 5 heteroatoms. The summed E-state index contributed by atoms with van der Waals surface area (Å²) in [7, 11) is 0. The van der Waals surface area contributed by atoms with Crippen LogP contribution in [0.25, 0.3) is 0 Å². The lowest BCUT2D eigenvalue weighted by Gasteiger charge is -2.14. The predicted molar refractivity (Wildman–Crippen MR) is 84.2 cm³/mol. The number of hydrogen-bond donors (Lipinski definition) is 2. The van der Waals surface area contributed by atoms with Gasteiger partial charge in [-0.1, -0.05) is 28.1 Å². The Labute approximate surface area is 126 Å². The summed E-state index contributed by atoms with van der Waals surface area (Å²) in [6.07, 6.45) is 1.76. The highest BCUT2D eigenvalue weighted by Crippen LogP contribution is 2.19. The van der Waals surface area contributed by atoms with Crippen molar-refractivity contribution >= 4 is 27.3 Å². The number of rotatable bonds is 5. The Kier molecular flexibility index (Phi) is 5.10. The van der Waals surface area contributed by atoms with Crippen molar-refractivity contribution in [2.45, 2.75) is 32.7 Å². The molecule has 1 unspecified atom stereocenters. The molecular formula is C14H18BrN3S. The zero-order valence-electron chi connectivity index (χ0n) is 11.1. The molecular weight excluding hydrogens is 322 g/mol. The number of thiazole rings is 1. The van der Waals surface area contributed by atoms with Gasteiger partial charge in [0.15, 0.2) is 0 Å². The first-order valence-corrected chi connectivity index (χ1v) is 7.83. The van der Waals surface area contributed by atoms with Crippen molar-refractivity contribution in [3.8, 4) is 0 Å². The molecule has 0 fully saturated rings. The van der Waals surface area contributed by atoms with Crippen molar-refractivity contribution in [1.29, 1.82) is 0 Å². The molecule has 0 spiro atoms. The average Bonchev–Trinajstić information content (AvgIpc) is 2.67. The molecule has 1 aromatic heterocycles. The summed E-state index contributed by atoms with van der Waals surface area (Å²) in [5.41, 5.74) is 5.29. The van der Waals surface area contributed by atoms with Gasteiger partial charge in [0.1, 0.15) is 0 Å². The van der Waals surface area contributed by atoms with E-state index in [9.17, 15) is 0 Å². The van der Waals surface area contributed by atoms with E-state index in [1.165, 1.54) is 10.4 Å². The van der Waals surface area contributed by atoms with Gasteiger partial charge in [0.05, 0.1) is 10.7 Å². The number of halogens is 1. The van der Waals surface area contributed by atoms with E-state index in [1.54, 1.807) is 11.3 Å². The molecule has 0 amide bonds. The highest BCUT2D eigenvalue weighted by Gasteiger charge is 2.12. The molecule has 0 saturated carbocycles. The van der Waals surface area contributed by atoms with Crippen molar-refractivity contribution in [1.82, 2.24) is 10.4 Å². The first kappa shape index (κ1) is 14.7. The Morgan fingerprint density at radius 3 is 2.74 bits per heavy atom. The van der Waals surface area contributed by atoms with Crippen molar-refractivity contribution in [3.05, 3.63) is 49.9 Å². The van der Waals surface area contributed by atoms with Gasteiger partial charge in [-0.2, -0.15) is 0 Å². The van der Waals surface area contributed by atoms with E-state index >= 15 is 0 Å². The van der Waals surface area contributed by atoms with Crippen LogP contribution in [0, 0.1) is 13.8 Å². The monoisotopic (exact) mass is 339 g/mol. The van der Waals surface area contributed by atoms with Crippen molar-refractivity contribution in [3.63, 3.8) is 0 Å². The Bertz CT molecular complexity index is 534. The van der Waals surface area contributed by atoms with Crippen LogP contribution in [0.5, 0.6) is 0 Å². The Balaban J connectivity index is 2.04. The Morgan fingerprint density at radius 2 is 2.16 bits per heavy atom. The number of benzene rings is 1. The fourth-order valence-corrected chi connectivity index (χ4v) is 3.44. The van der Waals surface area contributed by atoms with Crippen molar-refractivity contribution < 1.29 is 0 Å². The zero-order valence-corrected chi connectivity index (χ0v) is 13.5. The lowest BCUT2D eigenvalue weighted by molar-refractivity contribution is 0.521. The minimum absolute atomic E-state index is 0.208. The highest BCUT2D eigenvalue weighted by molar-refractivity contribution is 9.10. The second kappa shape index (κ2) is 6.61. The molecule has 102 valence electrons. The maximum Gasteiger partial charge on any atom is 0.0947 e. The molecule has 0 aliphatic heterocycles. The number of hydrazine groups is 1. The third-order valence-electron chi connectivity index (χ3n) is 3.10. The molecule has 1 atom stereocenters. The van der Waals surface area contributed by atoms with Crippen LogP contribution in [0.4, 0.5) is 0 Å². The smallest absolute Gasteiger partial charge is 0.0947 e. The van der Waals surface area contributed by atoms with E-state index in [2.05, 4.69) is 52.3 Å². The van der Waals surface area contributed by atoms with Gasteiger partial charge in [-0.15, -0.1) is 11.3 Å². The van der Waals surface area contributed by atoms with Crippen LogP contribution in [-0.4, -0.2) is 11.0 Å². The largest absolute Gasteiger partial charge is 0.271 e. The summed E-state index contributed by atoms with van der Waals surface area (Å²) >= 11 is 5.25. The second-order valence-corrected chi connectivity index (χ2v) is 6.85. The standard InChI is InChI=1S/C14H18BrN3S/c1-9-10(2)19-14(17-9)8-13(18-16)7-11-4-3-5-12(15)6-11/h3-6,13,18H,7-8,16H2,1-2H3. The minimum Gasteiger partial charge on any atom is -0.271 e. The summed E-state index contributed by atoms with van der Waals surface area (Å²) in [4.78, 5) is 5.86. The number of aryl methyl sites for hydroxylation is 2. The summed E-state index contributed by atoms with van der Waals surface area (Å²) < 4.78 is 1.10. The lowest BCUT2D eigenvalue weighted by atomic mass is 10.0. The number of hydrogen-bond acceptors (Lipinski definition) is 4. The maximum atomic E-state index is 5.67. The number of nitrogens with two attached hydrogens (primary N) is 1. The molecule has 0 aliphatic carbocycles. The van der Waals surface area contributed by atoms with Crippen LogP contribution in [0.1, 0.15) is 21.1 Å². The quantitative estimate of drug-likeness (QED) is 0.649. The van der Waals surface area contributed by atoms with Crippen LogP contribution in [0.15, 0.2) is 28.7 Å². The maximum absolute atomic E-state index is 5.67. The number of aromatic nitrogens is 1. The molecule has 0 bridgehead atoms.